The van der Waals surface area contributed by atoms with Gasteiger partial charge in [-0.2, -0.15) is 0 Å². The Morgan fingerprint density at radius 1 is 0.913 bits per heavy atom. The number of rotatable bonds is 3. The summed E-state index contributed by atoms with van der Waals surface area (Å²) in [7, 11) is 0. The van der Waals surface area contributed by atoms with Crippen molar-refractivity contribution in [3.63, 3.8) is 0 Å². The summed E-state index contributed by atoms with van der Waals surface area (Å²) in [4.78, 5) is 27.9. The fraction of sp³-hybridized carbons (Fsp3) is 0.556. The molecule has 4 atom stereocenters. The van der Waals surface area contributed by atoms with Gasteiger partial charge >= 0.3 is 0 Å². The summed E-state index contributed by atoms with van der Waals surface area (Å²) in [5.74, 6) is -0.238. The zero-order valence-corrected chi connectivity index (χ0v) is 13.7. The molecule has 0 N–H and O–H groups in total. The number of halogens is 1. The van der Waals surface area contributed by atoms with Crippen LogP contribution in [0.25, 0.3) is 0 Å². The summed E-state index contributed by atoms with van der Waals surface area (Å²) in [6.45, 7) is 0. The molecule has 1 aromatic carbocycles. The molecule has 5 heteroatoms. The van der Waals surface area contributed by atoms with Gasteiger partial charge in [0, 0.05) is 10.1 Å². The standard InChI is InChI=1S/C18H20FNO2S/c19-11-5-7-12(8-6-11)23-16-10-9-15(16)20-17(21)13-3-1-2-4-14(13)18(20)22/h5-8,13-16H,1-4,9-10H2. The lowest BCUT2D eigenvalue weighted by Gasteiger charge is -2.41. The van der Waals surface area contributed by atoms with Gasteiger partial charge < -0.3 is 0 Å². The topological polar surface area (TPSA) is 37.4 Å². The van der Waals surface area contributed by atoms with E-state index in [-0.39, 0.29) is 40.8 Å². The highest BCUT2D eigenvalue weighted by atomic mass is 32.2. The van der Waals surface area contributed by atoms with Crippen molar-refractivity contribution in [2.45, 2.75) is 54.7 Å². The smallest absolute Gasteiger partial charge is 0.233 e. The highest BCUT2D eigenvalue weighted by molar-refractivity contribution is 8.00. The normalized spacial score (nSPS) is 33.5. The van der Waals surface area contributed by atoms with Crippen molar-refractivity contribution in [1.29, 1.82) is 0 Å². The van der Waals surface area contributed by atoms with Gasteiger partial charge in [-0.1, -0.05) is 12.8 Å². The second-order valence-electron chi connectivity index (χ2n) is 6.80. The van der Waals surface area contributed by atoms with Gasteiger partial charge in [0.25, 0.3) is 0 Å². The molecule has 3 nitrogen and oxygen atoms in total. The molecule has 23 heavy (non-hydrogen) atoms. The predicted octanol–water partition coefficient (Wildman–Crippen LogP) is 3.62. The van der Waals surface area contributed by atoms with Crippen LogP contribution in [-0.2, 0) is 9.59 Å². The highest BCUT2D eigenvalue weighted by Crippen LogP contribution is 2.45. The van der Waals surface area contributed by atoms with E-state index in [1.54, 1.807) is 28.8 Å². The van der Waals surface area contributed by atoms with Crippen LogP contribution >= 0.6 is 11.8 Å². The number of hydrogen-bond acceptors (Lipinski definition) is 3. The van der Waals surface area contributed by atoms with Crippen LogP contribution in [0.2, 0.25) is 0 Å². The monoisotopic (exact) mass is 333 g/mol. The number of amides is 2. The SMILES string of the molecule is O=C1C2CCCCC2C(=O)N1C1CCC1Sc1ccc(F)cc1. The fourth-order valence-electron chi connectivity index (χ4n) is 4.09. The van der Waals surface area contributed by atoms with E-state index in [0.717, 1.165) is 43.4 Å². The van der Waals surface area contributed by atoms with Gasteiger partial charge in [-0.25, -0.2) is 4.39 Å². The van der Waals surface area contributed by atoms with Gasteiger partial charge in [0.2, 0.25) is 11.8 Å². The van der Waals surface area contributed by atoms with Crippen molar-refractivity contribution in [2.75, 3.05) is 0 Å². The Bertz CT molecular complexity index is 608. The lowest BCUT2D eigenvalue weighted by Crippen LogP contribution is -2.52. The molecule has 2 amide bonds. The summed E-state index contributed by atoms with van der Waals surface area (Å²) in [5, 5.41) is 0.244. The van der Waals surface area contributed by atoms with Gasteiger partial charge in [-0.15, -0.1) is 11.8 Å². The quantitative estimate of drug-likeness (QED) is 0.793. The van der Waals surface area contributed by atoms with E-state index in [9.17, 15) is 14.0 Å². The van der Waals surface area contributed by atoms with Gasteiger partial charge in [0.15, 0.2) is 0 Å². The van der Waals surface area contributed by atoms with Crippen molar-refractivity contribution in [3.05, 3.63) is 30.1 Å². The van der Waals surface area contributed by atoms with Gasteiger partial charge in [-0.05, 0) is 49.9 Å². The third-order valence-corrected chi connectivity index (χ3v) is 6.88. The molecule has 3 fully saturated rings. The third kappa shape index (κ3) is 2.59. The Morgan fingerprint density at radius 3 is 2.04 bits per heavy atom. The van der Waals surface area contributed by atoms with Crippen molar-refractivity contribution in [2.24, 2.45) is 11.8 Å². The van der Waals surface area contributed by atoms with Crippen LogP contribution < -0.4 is 0 Å². The van der Waals surface area contributed by atoms with Gasteiger partial charge in [0.05, 0.1) is 17.9 Å². The van der Waals surface area contributed by atoms with E-state index in [1.807, 2.05) is 0 Å². The summed E-state index contributed by atoms with van der Waals surface area (Å²) in [6.07, 6.45) is 5.76. The van der Waals surface area contributed by atoms with Crippen LogP contribution in [0.4, 0.5) is 4.39 Å². The summed E-state index contributed by atoms with van der Waals surface area (Å²) in [6, 6.07) is 6.47. The number of hydrogen-bond donors (Lipinski definition) is 0. The first-order valence-electron chi connectivity index (χ1n) is 8.44. The lowest BCUT2D eigenvalue weighted by molar-refractivity contribution is -0.144. The average Bonchev–Trinajstić information content (AvgIpc) is 2.79. The lowest BCUT2D eigenvalue weighted by atomic mass is 9.81. The zero-order chi connectivity index (χ0) is 16.0. The van der Waals surface area contributed by atoms with E-state index in [2.05, 4.69) is 0 Å². The first kappa shape index (κ1) is 15.2. The van der Waals surface area contributed by atoms with Crippen molar-refractivity contribution >= 4 is 23.6 Å². The maximum Gasteiger partial charge on any atom is 0.233 e. The van der Waals surface area contributed by atoms with Crippen LogP contribution in [0.1, 0.15) is 38.5 Å². The number of benzene rings is 1. The van der Waals surface area contributed by atoms with Crippen LogP contribution in [-0.4, -0.2) is 28.0 Å². The van der Waals surface area contributed by atoms with Gasteiger partial charge in [-0.3, -0.25) is 14.5 Å². The minimum Gasteiger partial charge on any atom is -0.278 e. The molecular formula is C18H20FNO2S. The molecular weight excluding hydrogens is 313 g/mol. The van der Waals surface area contributed by atoms with Crippen molar-refractivity contribution in [1.82, 2.24) is 4.90 Å². The Morgan fingerprint density at radius 2 is 1.52 bits per heavy atom. The van der Waals surface area contributed by atoms with Crippen LogP contribution in [0, 0.1) is 17.7 Å². The van der Waals surface area contributed by atoms with E-state index < -0.39 is 0 Å². The molecule has 4 unspecified atom stereocenters. The summed E-state index contributed by atoms with van der Waals surface area (Å²) in [5.41, 5.74) is 0. The minimum absolute atomic E-state index is 0.0238. The van der Waals surface area contributed by atoms with E-state index in [0.29, 0.717) is 0 Å². The first-order chi connectivity index (χ1) is 11.1. The van der Waals surface area contributed by atoms with E-state index in [1.165, 1.54) is 12.1 Å². The molecule has 3 aliphatic rings. The molecule has 4 rings (SSSR count). The Hall–Kier alpha value is -1.36. The van der Waals surface area contributed by atoms with Gasteiger partial charge in [0.1, 0.15) is 5.82 Å². The summed E-state index contributed by atoms with van der Waals surface area (Å²) >= 11 is 1.66. The maximum absolute atomic E-state index is 13.0. The second kappa shape index (κ2) is 5.93. The van der Waals surface area contributed by atoms with Crippen molar-refractivity contribution in [3.8, 4) is 0 Å². The molecule has 1 saturated heterocycles. The number of thioether (sulfide) groups is 1. The Balaban J connectivity index is 1.48. The second-order valence-corrected chi connectivity index (χ2v) is 8.11. The molecule has 0 spiro atoms. The Kier molecular flexibility index (Phi) is 3.92. The Labute approximate surface area is 139 Å². The van der Waals surface area contributed by atoms with Crippen LogP contribution in [0.3, 0.4) is 0 Å². The molecule has 0 radical (unpaired) electrons. The number of carbonyl (C=O) groups is 2. The van der Waals surface area contributed by atoms with E-state index >= 15 is 0 Å². The minimum atomic E-state index is -0.242. The number of imide groups is 1. The predicted molar refractivity (Wildman–Crippen MR) is 86.4 cm³/mol. The molecule has 2 aliphatic carbocycles. The molecule has 1 heterocycles. The van der Waals surface area contributed by atoms with Crippen molar-refractivity contribution < 1.29 is 14.0 Å². The van der Waals surface area contributed by atoms with Crippen LogP contribution in [0.15, 0.2) is 29.2 Å². The molecule has 1 aromatic rings. The number of nitrogens with zero attached hydrogens (tertiary/aromatic N) is 1. The summed E-state index contributed by atoms with van der Waals surface area (Å²) < 4.78 is 13.0. The van der Waals surface area contributed by atoms with E-state index in [4.69, 9.17) is 0 Å². The number of fused-ring (bicyclic) bond motifs is 1. The fourth-order valence-corrected chi connectivity index (χ4v) is 5.40. The van der Waals surface area contributed by atoms with Crippen LogP contribution in [0.5, 0.6) is 0 Å². The maximum atomic E-state index is 13.0. The number of likely N-dealkylation sites (tertiary alicyclic amines) is 1. The first-order valence-corrected chi connectivity index (χ1v) is 9.32. The molecule has 122 valence electrons. The number of carbonyl (C=O) groups excluding carboxylic acids is 2. The molecule has 0 bridgehead atoms. The zero-order valence-electron chi connectivity index (χ0n) is 12.9. The molecule has 1 aliphatic heterocycles. The average molecular weight is 333 g/mol. The molecule has 2 saturated carbocycles. The third-order valence-electron chi connectivity index (χ3n) is 5.48. The molecule has 0 aromatic heterocycles. The highest BCUT2D eigenvalue weighted by Gasteiger charge is 2.53. The largest absolute Gasteiger partial charge is 0.278 e.